The van der Waals surface area contributed by atoms with E-state index in [0.717, 1.165) is 18.5 Å². The smallest absolute Gasteiger partial charge is 0.259 e. The molecule has 1 N–H and O–H groups in total. The second-order valence-corrected chi connectivity index (χ2v) is 8.61. The first-order chi connectivity index (χ1) is 14.7. The number of benzene rings is 2. The fourth-order valence-electron chi connectivity index (χ4n) is 3.99. The molecule has 1 unspecified atom stereocenters. The molecule has 2 fully saturated rings. The highest BCUT2D eigenvalue weighted by Gasteiger charge is 2.50. The van der Waals surface area contributed by atoms with Gasteiger partial charge in [-0.25, -0.2) is 9.24 Å². The number of amides is 1. The minimum absolute atomic E-state index is 0.0524. The van der Waals surface area contributed by atoms with Crippen molar-refractivity contribution in [3.8, 4) is 5.75 Å². The lowest BCUT2D eigenvalue weighted by Crippen LogP contribution is -2.44. The van der Waals surface area contributed by atoms with Crippen LogP contribution in [0.25, 0.3) is 4.85 Å². The lowest BCUT2D eigenvalue weighted by Gasteiger charge is -2.29. The summed E-state index contributed by atoms with van der Waals surface area (Å²) in [6.07, 6.45) is 0.781. The molecule has 2 aromatic carbocycles. The van der Waals surface area contributed by atoms with Crippen LogP contribution in [-0.2, 0) is 4.79 Å². The van der Waals surface area contributed by atoms with Crippen molar-refractivity contribution in [3.05, 3.63) is 59.2 Å². The van der Waals surface area contributed by atoms with Gasteiger partial charge in [-0.3, -0.25) is 9.69 Å². The van der Waals surface area contributed by atoms with Crippen LogP contribution in [0.4, 0.5) is 21.5 Å². The normalized spacial score (nSPS) is 20.3. The number of carbonyl (C=O) groups excluding carboxylic acids is 1. The van der Waals surface area contributed by atoms with E-state index in [1.165, 1.54) is 11.0 Å². The van der Waals surface area contributed by atoms with Crippen molar-refractivity contribution in [1.29, 1.82) is 0 Å². The second kappa shape index (κ2) is 7.91. The number of hydrogen-bond donors (Lipinski definition) is 1. The Morgan fingerprint density at radius 3 is 2.61 bits per heavy atom. The van der Waals surface area contributed by atoms with E-state index in [-0.39, 0.29) is 22.9 Å². The van der Waals surface area contributed by atoms with E-state index in [2.05, 4.69) is 10.2 Å². The molecule has 2 aliphatic rings. The highest BCUT2D eigenvalue weighted by Crippen LogP contribution is 2.38. The van der Waals surface area contributed by atoms with Gasteiger partial charge in [0.15, 0.2) is 22.4 Å². The van der Waals surface area contributed by atoms with Crippen molar-refractivity contribution in [2.75, 3.05) is 22.9 Å². The molecule has 2 heterocycles. The summed E-state index contributed by atoms with van der Waals surface area (Å²) in [4.78, 5) is 19.9. The molecule has 2 aliphatic heterocycles. The third-order valence-electron chi connectivity index (χ3n) is 5.71. The Balaban J connectivity index is 1.66. The summed E-state index contributed by atoms with van der Waals surface area (Å²) in [5.74, 6) is -0.523. The molecule has 4 rings (SSSR count). The molecule has 0 aliphatic carbocycles. The predicted octanol–water partition coefficient (Wildman–Crippen LogP) is 4.34. The maximum Gasteiger partial charge on any atom is 0.259 e. The van der Waals surface area contributed by atoms with Crippen molar-refractivity contribution >= 4 is 40.3 Å². The van der Waals surface area contributed by atoms with Gasteiger partial charge in [-0.05, 0) is 75.8 Å². The van der Waals surface area contributed by atoms with Crippen LogP contribution in [0.2, 0.25) is 0 Å². The minimum Gasteiger partial charge on any atom is -0.486 e. The lowest BCUT2D eigenvalue weighted by atomic mass is 10.0. The van der Waals surface area contributed by atoms with Gasteiger partial charge in [0.2, 0.25) is 0 Å². The molecule has 160 valence electrons. The van der Waals surface area contributed by atoms with E-state index in [4.69, 9.17) is 23.5 Å². The molecule has 1 atom stereocenters. The Kier molecular flexibility index (Phi) is 5.42. The van der Waals surface area contributed by atoms with Crippen LogP contribution in [0.1, 0.15) is 25.8 Å². The molecular formula is C23H23FN4O2S. The van der Waals surface area contributed by atoms with Crippen molar-refractivity contribution in [1.82, 2.24) is 5.32 Å². The summed E-state index contributed by atoms with van der Waals surface area (Å²) in [7, 11) is 0. The average Bonchev–Trinajstić information content (AvgIpc) is 3.29. The molecule has 0 bridgehead atoms. The lowest BCUT2D eigenvalue weighted by molar-refractivity contribution is -0.120. The van der Waals surface area contributed by atoms with Crippen LogP contribution in [0.5, 0.6) is 5.75 Å². The Hall–Kier alpha value is -3.02. The van der Waals surface area contributed by atoms with Gasteiger partial charge in [0.05, 0.1) is 6.57 Å². The number of anilines is 2. The van der Waals surface area contributed by atoms with Gasteiger partial charge in [0, 0.05) is 24.0 Å². The zero-order valence-corrected chi connectivity index (χ0v) is 18.4. The molecule has 1 amide bonds. The molecule has 2 aromatic rings. The topological polar surface area (TPSA) is 49.2 Å². The summed E-state index contributed by atoms with van der Waals surface area (Å²) in [5, 5.41) is 3.45. The largest absolute Gasteiger partial charge is 0.486 e. The number of nitrogens with one attached hydrogen (secondary N) is 1. The van der Waals surface area contributed by atoms with Crippen molar-refractivity contribution in [2.24, 2.45) is 0 Å². The summed E-state index contributed by atoms with van der Waals surface area (Å²) < 4.78 is 20.6. The molecule has 0 radical (unpaired) electrons. The molecule has 0 saturated carbocycles. The molecule has 31 heavy (non-hydrogen) atoms. The highest BCUT2D eigenvalue weighted by atomic mass is 32.1. The zero-order chi connectivity index (χ0) is 22.3. The van der Waals surface area contributed by atoms with Crippen molar-refractivity contribution in [2.45, 2.75) is 38.8 Å². The molecule has 6 nitrogen and oxygen atoms in total. The van der Waals surface area contributed by atoms with E-state index < -0.39 is 11.4 Å². The Labute approximate surface area is 186 Å². The van der Waals surface area contributed by atoms with Gasteiger partial charge in [-0.15, -0.1) is 0 Å². The maximum absolute atomic E-state index is 14.8. The van der Waals surface area contributed by atoms with E-state index in [0.29, 0.717) is 23.6 Å². The van der Waals surface area contributed by atoms with Crippen LogP contribution in [-0.4, -0.2) is 35.8 Å². The van der Waals surface area contributed by atoms with Gasteiger partial charge in [0.1, 0.15) is 11.6 Å². The zero-order valence-electron chi connectivity index (χ0n) is 17.6. The molecular weight excluding hydrogens is 415 g/mol. The van der Waals surface area contributed by atoms with Crippen molar-refractivity contribution in [3.63, 3.8) is 0 Å². The number of hydrogen-bond acceptors (Lipinski definition) is 4. The summed E-state index contributed by atoms with van der Waals surface area (Å²) >= 11 is 5.66. The number of carbonyl (C=O) groups is 1. The van der Waals surface area contributed by atoms with Crippen LogP contribution in [0, 0.1) is 19.3 Å². The van der Waals surface area contributed by atoms with Gasteiger partial charge in [-0.1, -0.05) is 6.07 Å². The standard InChI is InChI=1S/C23H23FN4O2S/c1-14-11-15(5-7-19(14)25-4)27-21(29)23(2,3)28(22(27)31)16-6-8-20(18(24)12-16)30-17-9-10-26-13-17/h5-8,11-12,17,26H,9-10,13H2,1-3H3. The number of rotatable bonds is 4. The van der Waals surface area contributed by atoms with Crippen LogP contribution < -0.4 is 19.9 Å². The molecule has 0 aromatic heterocycles. The van der Waals surface area contributed by atoms with E-state index in [1.54, 1.807) is 49.1 Å². The van der Waals surface area contributed by atoms with Gasteiger partial charge in [-0.2, -0.15) is 0 Å². The number of halogens is 1. The second-order valence-electron chi connectivity index (χ2n) is 8.25. The third-order valence-corrected chi connectivity index (χ3v) is 6.07. The van der Waals surface area contributed by atoms with Crippen LogP contribution in [0.3, 0.4) is 0 Å². The first-order valence-corrected chi connectivity index (χ1v) is 10.5. The Morgan fingerprint density at radius 1 is 1.26 bits per heavy atom. The summed E-state index contributed by atoms with van der Waals surface area (Å²) in [6, 6.07) is 9.81. The van der Waals surface area contributed by atoms with Gasteiger partial charge < -0.3 is 15.0 Å². The van der Waals surface area contributed by atoms with Crippen molar-refractivity contribution < 1.29 is 13.9 Å². The fourth-order valence-corrected chi connectivity index (χ4v) is 4.51. The monoisotopic (exact) mass is 438 g/mol. The Morgan fingerprint density at radius 2 is 2.00 bits per heavy atom. The number of ether oxygens (including phenoxy) is 1. The van der Waals surface area contributed by atoms with Gasteiger partial charge in [0.25, 0.3) is 5.91 Å². The third kappa shape index (κ3) is 3.64. The quantitative estimate of drug-likeness (QED) is 0.568. The average molecular weight is 439 g/mol. The first kappa shape index (κ1) is 21.2. The molecule has 0 spiro atoms. The number of thiocarbonyl (C=S) groups is 1. The summed E-state index contributed by atoms with van der Waals surface area (Å²) in [5.41, 5.74) is 1.34. The fraction of sp³-hybridized carbons (Fsp3) is 0.348. The minimum atomic E-state index is -1.01. The SMILES string of the molecule is [C-]#[N+]c1ccc(N2C(=O)C(C)(C)N(c3ccc(OC4CCNC4)c(F)c3)C2=S)cc1C. The van der Waals surface area contributed by atoms with Gasteiger partial charge >= 0.3 is 0 Å². The maximum atomic E-state index is 14.8. The highest BCUT2D eigenvalue weighted by molar-refractivity contribution is 7.81. The van der Waals surface area contributed by atoms with Crippen LogP contribution >= 0.6 is 12.2 Å². The predicted molar refractivity (Wildman–Crippen MR) is 122 cm³/mol. The van der Waals surface area contributed by atoms with Crippen LogP contribution in [0.15, 0.2) is 36.4 Å². The van der Waals surface area contributed by atoms with E-state index in [1.807, 2.05) is 6.92 Å². The molecule has 2 saturated heterocycles. The number of aryl methyl sites for hydroxylation is 1. The summed E-state index contributed by atoms with van der Waals surface area (Å²) in [6.45, 7) is 14.1. The van der Waals surface area contributed by atoms with E-state index in [9.17, 15) is 9.18 Å². The van der Waals surface area contributed by atoms with E-state index >= 15 is 0 Å². The number of nitrogens with zero attached hydrogens (tertiary/aromatic N) is 3. The molecule has 8 heteroatoms. The first-order valence-electron chi connectivity index (χ1n) is 10.1. The Bertz CT molecular complexity index is 1110.